The minimum absolute atomic E-state index is 0.404. The van der Waals surface area contributed by atoms with Crippen LogP contribution in [0.4, 0.5) is 0 Å². The number of hydrogen-bond donors (Lipinski definition) is 0. The zero-order valence-corrected chi connectivity index (χ0v) is 14.0. The second kappa shape index (κ2) is 6.30. The number of morpholine rings is 1. The highest BCUT2D eigenvalue weighted by Gasteiger charge is 2.18. The first-order valence-electron chi connectivity index (χ1n) is 8.32. The van der Waals surface area contributed by atoms with Crippen LogP contribution in [0.5, 0.6) is 0 Å². The van der Waals surface area contributed by atoms with E-state index < -0.39 is 0 Å². The molecule has 124 valence electrons. The summed E-state index contributed by atoms with van der Waals surface area (Å²) >= 11 is 0. The fraction of sp³-hybridized carbons (Fsp3) is 0.389. The van der Waals surface area contributed by atoms with Gasteiger partial charge in [-0.1, -0.05) is 24.3 Å². The summed E-state index contributed by atoms with van der Waals surface area (Å²) in [6.07, 6.45) is 3.83. The molecule has 3 heterocycles. The molecule has 1 unspecified atom stereocenters. The van der Waals surface area contributed by atoms with E-state index in [-0.39, 0.29) is 0 Å². The first-order chi connectivity index (χ1) is 11.7. The second-order valence-corrected chi connectivity index (χ2v) is 6.19. The van der Waals surface area contributed by atoms with Gasteiger partial charge in [0.05, 0.1) is 13.2 Å². The van der Waals surface area contributed by atoms with Crippen LogP contribution < -0.4 is 0 Å². The number of nitrogens with zero attached hydrogens (tertiary/aromatic N) is 5. The van der Waals surface area contributed by atoms with Gasteiger partial charge in [0, 0.05) is 37.1 Å². The highest BCUT2D eigenvalue weighted by molar-refractivity contribution is 5.62. The first-order valence-corrected chi connectivity index (χ1v) is 8.32. The highest BCUT2D eigenvalue weighted by Crippen LogP contribution is 2.25. The number of rotatable bonds is 3. The zero-order chi connectivity index (χ0) is 16.5. The standard InChI is InChI=1S/C18H21N5O/c1-13(22-7-9-24-10-8-22)15-3-5-16(6-4-15)17-11-19-18-20-14(2)21-23(18)12-17/h3-6,11-13H,7-10H2,1-2H3. The lowest BCUT2D eigenvalue weighted by atomic mass is 10.0. The SMILES string of the molecule is Cc1nc2ncc(-c3ccc(C(C)N4CCOCC4)cc3)cn2n1. The summed E-state index contributed by atoms with van der Waals surface area (Å²) in [6.45, 7) is 7.77. The predicted octanol–water partition coefficient (Wildman–Crippen LogP) is 2.49. The Bertz CT molecular complexity index is 836. The molecule has 6 nitrogen and oxygen atoms in total. The molecular weight excluding hydrogens is 302 g/mol. The Morgan fingerprint density at radius 2 is 1.83 bits per heavy atom. The van der Waals surface area contributed by atoms with Crippen molar-refractivity contribution in [3.63, 3.8) is 0 Å². The van der Waals surface area contributed by atoms with Crippen LogP contribution in [0.15, 0.2) is 36.7 Å². The third-order valence-electron chi connectivity index (χ3n) is 4.62. The van der Waals surface area contributed by atoms with Crippen molar-refractivity contribution in [1.82, 2.24) is 24.5 Å². The third-order valence-corrected chi connectivity index (χ3v) is 4.62. The molecule has 6 heteroatoms. The Hall–Kier alpha value is -2.31. The van der Waals surface area contributed by atoms with Crippen molar-refractivity contribution in [3.8, 4) is 11.1 Å². The molecule has 2 aromatic heterocycles. The van der Waals surface area contributed by atoms with Crippen molar-refractivity contribution in [1.29, 1.82) is 0 Å². The van der Waals surface area contributed by atoms with Gasteiger partial charge in [-0.15, -0.1) is 0 Å². The molecule has 1 aromatic carbocycles. The van der Waals surface area contributed by atoms with Crippen LogP contribution >= 0.6 is 0 Å². The summed E-state index contributed by atoms with van der Waals surface area (Å²) in [4.78, 5) is 11.1. The zero-order valence-electron chi connectivity index (χ0n) is 14.0. The summed E-state index contributed by atoms with van der Waals surface area (Å²) in [6, 6.07) is 9.11. The molecule has 1 aliphatic heterocycles. The third kappa shape index (κ3) is 2.90. The fourth-order valence-electron chi connectivity index (χ4n) is 3.16. The molecular formula is C18H21N5O. The van der Waals surface area contributed by atoms with E-state index in [1.807, 2.05) is 19.3 Å². The Balaban J connectivity index is 1.57. The Morgan fingerprint density at radius 3 is 2.58 bits per heavy atom. The van der Waals surface area contributed by atoms with Gasteiger partial charge in [0.1, 0.15) is 5.82 Å². The van der Waals surface area contributed by atoms with Gasteiger partial charge < -0.3 is 4.74 Å². The molecule has 1 fully saturated rings. The Kier molecular flexibility index (Phi) is 4.00. The van der Waals surface area contributed by atoms with E-state index >= 15 is 0 Å². The maximum Gasteiger partial charge on any atom is 0.252 e. The molecule has 0 N–H and O–H groups in total. The van der Waals surface area contributed by atoms with Crippen molar-refractivity contribution in [2.75, 3.05) is 26.3 Å². The van der Waals surface area contributed by atoms with Crippen molar-refractivity contribution >= 4 is 5.78 Å². The average molecular weight is 323 g/mol. The van der Waals surface area contributed by atoms with Crippen molar-refractivity contribution in [3.05, 3.63) is 48.0 Å². The van der Waals surface area contributed by atoms with Gasteiger partial charge >= 0.3 is 0 Å². The minimum atomic E-state index is 0.404. The number of aryl methyl sites for hydroxylation is 1. The largest absolute Gasteiger partial charge is 0.379 e. The highest BCUT2D eigenvalue weighted by atomic mass is 16.5. The molecule has 0 aliphatic carbocycles. The second-order valence-electron chi connectivity index (χ2n) is 6.19. The van der Waals surface area contributed by atoms with E-state index in [0.717, 1.165) is 43.3 Å². The molecule has 0 saturated carbocycles. The van der Waals surface area contributed by atoms with Gasteiger partial charge in [0.15, 0.2) is 0 Å². The number of fused-ring (bicyclic) bond motifs is 1. The molecule has 4 rings (SSSR count). The molecule has 0 bridgehead atoms. The van der Waals surface area contributed by atoms with E-state index in [1.165, 1.54) is 5.56 Å². The lowest BCUT2D eigenvalue weighted by molar-refractivity contribution is 0.0198. The van der Waals surface area contributed by atoms with Crippen LogP contribution in [0, 0.1) is 6.92 Å². The quantitative estimate of drug-likeness (QED) is 0.741. The molecule has 24 heavy (non-hydrogen) atoms. The average Bonchev–Trinajstić information content (AvgIpc) is 3.01. The maximum absolute atomic E-state index is 5.44. The van der Waals surface area contributed by atoms with E-state index in [2.05, 4.69) is 51.2 Å². The van der Waals surface area contributed by atoms with Crippen molar-refractivity contribution in [2.24, 2.45) is 0 Å². The predicted molar refractivity (Wildman–Crippen MR) is 91.8 cm³/mol. The van der Waals surface area contributed by atoms with E-state index in [1.54, 1.807) is 4.52 Å². The van der Waals surface area contributed by atoms with E-state index in [9.17, 15) is 0 Å². The number of ether oxygens (including phenoxy) is 1. The molecule has 1 aliphatic rings. The molecule has 0 spiro atoms. The summed E-state index contributed by atoms with van der Waals surface area (Å²) in [5.74, 6) is 1.36. The van der Waals surface area contributed by atoms with Crippen LogP contribution in [0.1, 0.15) is 24.4 Å². The molecule has 3 aromatic rings. The Morgan fingerprint density at radius 1 is 1.08 bits per heavy atom. The van der Waals surface area contributed by atoms with Crippen LogP contribution in [0.3, 0.4) is 0 Å². The maximum atomic E-state index is 5.44. The van der Waals surface area contributed by atoms with Gasteiger partial charge in [-0.3, -0.25) is 4.90 Å². The summed E-state index contributed by atoms with van der Waals surface area (Å²) < 4.78 is 7.17. The summed E-state index contributed by atoms with van der Waals surface area (Å²) in [5.41, 5.74) is 3.50. The normalized spacial score (nSPS) is 17.2. The Labute approximate surface area is 141 Å². The van der Waals surface area contributed by atoms with Gasteiger partial charge in [-0.05, 0) is 25.0 Å². The van der Waals surface area contributed by atoms with Crippen LogP contribution in [0.2, 0.25) is 0 Å². The smallest absolute Gasteiger partial charge is 0.252 e. The van der Waals surface area contributed by atoms with Gasteiger partial charge in [-0.25, -0.2) is 9.50 Å². The number of hydrogen-bond acceptors (Lipinski definition) is 5. The van der Waals surface area contributed by atoms with Crippen molar-refractivity contribution in [2.45, 2.75) is 19.9 Å². The number of benzene rings is 1. The van der Waals surface area contributed by atoms with Crippen molar-refractivity contribution < 1.29 is 4.74 Å². The molecule has 0 amide bonds. The summed E-state index contributed by atoms with van der Waals surface area (Å²) in [5, 5.41) is 4.33. The molecule has 1 atom stereocenters. The van der Waals surface area contributed by atoms with E-state index in [4.69, 9.17) is 4.74 Å². The monoisotopic (exact) mass is 323 g/mol. The van der Waals surface area contributed by atoms with Crippen LogP contribution in [-0.4, -0.2) is 50.8 Å². The number of aromatic nitrogens is 4. The van der Waals surface area contributed by atoms with Crippen LogP contribution in [-0.2, 0) is 4.74 Å². The topological polar surface area (TPSA) is 55.5 Å². The lowest BCUT2D eigenvalue weighted by Crippen LogP contribution is -2.37. The van der Waals surface area contributed by atoms with Gasteiger partial charge in [0.2, 0.25) is 0 Å². The lowest BCUT2D eigenvalue weighted by Gasteiger charge is -2.32. The molecule has 0 radical (unpaired) electrons. The van der Waals surface area contributed by atoms with Gasteiger partial charge in [-0.2, -0.15) is 10.1 Å². The van der Waals surface area contributed by atoms with E-state index in [0.29, 0.717) is 11.8 Å². The van der Waals surface area contributed by atoms with Crippen LogP contribution in [0.25, 0.3) is 16.9 Å². The van der Waals surface area contributed by atoms with Gasteiger partial charge in [0.25, 0.3) is 5.78 Å². The first kappa shape index (κ1) is 15.2. The summed E-state index contributed by atoms with van der Waals surface area (Å²) in [7, 11) is 0. The minimum Gasteiger partial charge on any atom is -0.379 e. The molecule has 1 saturated heterocycles. The fourth-order valence-corrected chi connectivity index (χ4v) is 3.16.